The Kier molecular flexibility index (Phi) is 6.44. The average Bonchev–Trinajstić information content (AvgIpc) is 2.91. The van der Waals surface area contributed by atoms with Crippen molar-refractivity contribution in [2.75, 3.05) is 19.8 Å². The van der Waals surface area contributed by atoms with Gasteiger partial charge in [0.25, 0.3) is 0 Å². The Balaban J connectivity index is 2.53. The molecule has 0 bridgehead atoms. The Bertz CT molecular complexity index is 366. The number of carbonyl (C=O) groups is 3. The van der Waals surface area contributed by atoms with E-state index in [2.05, 4.69) is 5.32 Å². The van der Waals surface area contributed by atoms with Crippen molar-refractivity contribution >= 4 is 17.8 Å². The molecule has 20 heavy (non-hydrogen) atoms. The largest absolute Gasteiger partial charge is 0.466 e. The molecule has 0 saturated carbocycles. The van der Waals surface area contributed by atoms with E-state index < -0.39 is 23.8 Å². The zero-order valence-electron chi connectivity index (χ0n) is 11.9. The standard InChI is InChI=1S/C13H22N2O5/c1-3-20-13(18)8(2)6-10(11(14)16)15-12(17)9-4-5-19-7-9/h8-10H,3-7H2,1-2H3,(H2,14,16)(H,15,17)/t8-,9-,10+/m0/s1. The number of carbonyl (C=O) groups excluding carboxylic acids is 3. The van der Waals surface area contributed by atoms with Gasteiger partial charge in [0.05, 0.1) is 25.0 Å². The molecule has 0 aliphatic carbocycles. The molecule has 0 spiro atoms. The van der Waals surface area contributed by atoms with E-state index in [0.29, 0.717) is 19.6 Å². The summed E-state index contributed by atoms with van der Waals surface area (Å²) in [5, 5.41) is 2.59. The second kappa shape index (κ2) is 7.84. The lowest BCUT2D eigenvalue weighted by Crippen LogP contribution is -2.48. The predicted molar refractivity (Wildman–Crippen MR) is 70.5 cm³/mol. The van der Waals surface area contributed by atoms with Gasteiger partial charge in [-0.15, -0.1) is 0 Å². The van der Waals surface area contributed by atoms with Crippen molar-refractivity contribution in [3.8, 4) is 0 Å². The first kappa shape index (κ1) is 16.4. The van der Waals surface area contributed by atoms with Crippen LogP contribution in [0.2, 0.25) is 0 Å². The van der Waals surface area contributed by atoms with Gasteiger partial charge in [0.15, 0.2) is 0 Å². The molecule has 0 unspecified atom stereocenters. The molecule has 1 rings (SSSR count). The van der Waals surface area contributed by atoms with Crippen LogP contribution in [0.1, 0.15) is 26.7 Å². The van der Waals surface area contributed by atoms with Gasteiger partial charge < -0.3 is 20.5 Å². The highest BCUT2D eigenvalue weighted by Crippen LogP contribution is 2.14. The molecule has 0 radical (unpaired) electrons. The highest BCUT2D eigenvalue weighted by atomic mass is 16.5. The number of esters is 1. The van der Waals surface area contributed by atoms with E-state index in [1.807, 2.05) is 0 Å². The third-order valence-corrected chi connectivity index (χ3v) is 3.24. The van der Waals surface area contributed by atoms with Crippen molar-refractivity contribution in [3.63, 3.8) is 0 Å². The molecular formula is C13H22N2O5. The third-order valence-electron chi connectivity index (χ3n) is 3.24. The van der Waals surface area contributed by atoms with E-state index in [1.165, 1.54) is 0 Å². The first-order valence-electron chi connectivity index (χ1n) is 6.79. The molecule has 2 amide bonds. The minimum atomic E-state index is -0.873. The molecule has 3 atom stereocenters. The van der Waals surface area contributed by atoms with Crippen molar-refractivity contribution in [2.24, 2.45) is 17.6 Å². The summed E-state index contributed by atoms with van der Waals surface area (Å²) in [5.41, 5.74) is 5.27. The third kappa shape index (κ3) is 4.80. The molecule has 1 aliphatic rings. The molecule has 0 aromatic heterocycles. The van der Waals surface area contributed by atoms with Crippen molar-refractivity contribution in [3.05, 3.63) is 0 Å². The monoisotopic (exact) mass is 286 g/mol. The highest BCUT2D eigenvalue weighted by molar-refractivity contribution is 5.88. The summed E-state index contributed by atoms with van der Waals surface area (Å²) in [7, 11) is 0. The number of primary amides is 1. The van der Waals surface area contributed by atoms with Gasteiger partial charge in [0.2, 0.25) is 11.8 Å². The van der Waals surface area contributed by atoms with Gasteiger partial charge in [-0.2, -0.15) is 0 Å². The Morgan fingerprint density at radius 3 is 2.65 bits per heavy atom. The summed E-state index contributed by atoms with van der Waals surface area (Å²) in [6, 6.07) is -0.873. The molecule has 1 fully saturated rings. The number of hydrogen-bond donors (Lipinski definition) is 2. The molecule has 0 aromatic rings. The number of amides is 2. The second-order valence-corrected chi connectivity index (χ2v) is 4.91. The predicted octanol–water partition coefficient (Wildman–Crippen LogP) is -0.418. The number of hydrogen-bond acceptors (Lipinski definition) is 5. The van der Waals surface area contributed by atoms with Crippen LogP contribution in [0.3, 0.4) is 0 Å². The summed E-state index contributed by atoms with van der Waals surface area (Å²) in [6.07, 6.45) is 0.762. The molecule has 114 valence electrons. The van der Waals surface area contributed by atoms with E-state index in [4.69, 9.17) is 15.2 Å². The lowest BCUT2D eigenvalue weighted by molar-refractivity contribution is -0.148. The average molecular weight is 286 g/mol. The van der Waals surface area contributed by atoms with Crippen LogP contribution < -0.4 is 11.1 Å². The van der Waals surface area contributed by atoms with Crippen molar-refractivity contribution < 1.29 is 23.9 Å². The van der Waals surface area contributed by atoms with E-state index in [0.717, 1.165) is 0 Å². The van der Waals surface area contributed by atoms with E-state index in [-0.39, 0.29) is 24.9 Å². The van der Waals surface area contributed by atoms with Crippen LogP contribution >= 0.6 is 0 Å². The smallest absolute Gasteiger partial charge is 0.308 e. The summed E-state index contributed by atoms with van der Waals surface area (Å²) in [6.45, 7) is 4.51. The van der Waals surface area contributed by atoms with Crippen LogP contribution in [-0.2, 0) is 23.9 Å². The van der Waals surface area contributed by atoms with Crippen LogP contribution in [0.4, 0.5) is 0 Å². The van der Waals surface area contributed by atoms with Gasteiger partial charge in [-0.05, 0) is 19.8 Å². The summed E-state index contributed by atoms with van der Waals surface area (Å²) in [5.74, 6) is -2.09. The molecule has 7 heteroatoms. The molecule has 1 aliphatic heterocycles. The van der Waals surface area contributed by atoms with Crippen LogP contribution in [0, 0.1) is 11.8 Å². The van der Waals surface area contributed by atoms with Gasteiger partial charge in [0.1, 0.15) is 6.04 Å². The quantitative estimate of drug-likeness (QED) is 0.618. The van der Waals surface area contributed by atoms with E-state index in [1.54, 1.807) is 13.8 Å². The number of rotatable bonds is 7. The molecular weight excluding hydrogens is 264 g/mol. The zero-order chi connectivity index (χ0) is 15.1. The van der Waals surface area contributed by atoms with Crippen LogP contribution in [0.5, 0.6) is 0 Å². The fourth-order valence-electron chi connectivity index (χ4n) is 2.01. The summed E-state index contributed by atoms with van der Waals surface area (Å²) in [4.78, 5) is 34.8. The normalized spacial score (nSPS) is 21.0. The zero-order valence-corrected chi connectivity index (χ0v) is 11.9. The maximum atomic E-state index is 11.9. The first-order valence-corrected chi connectivity index (χ1v) is 6.79. The Morgan fingerprint density at radius 2 is 2.15 bits per heavy atom. The molecule has 1 saturated heterocycles. The van der Waals surface area contributed by atoms with Gasteiger partial charge in [-0.3, -0.25) is 14.4 Å². The van der Waals surface area contributed by atoms with Gasteiger partial charge >= 0.3 is 5.97 Å². The lowest BCUT2D eigenvalue weighted by Gasteiger charge is -2.20. The minimum Gasteiger partial charge on any atom is -0.466 e. The molecule has 3 N–H and O–H groups in total. The van der Waals surface area contributed by atoms with Crippen LogP contribution in [0.25, 0.3) is 0 Å². The van der Waals surface area contributed by atoms with Crippen LogP contribution in [-0.4, -0.2) is 43.6 Å². The first-order chi connectivity index (χ1) is 9.45. The summed E-state index contributed by atoms with van der Waals surface area (Å²) < 4.78 is 9.99. The Labute approximate surface area is 118 Å². The maximum Gasteiger partial charge on any atom is 0.308 e. The van der Waals surface area contributed by atoms with Crippen molar-refractivity contribution in [1.29, 1.82) is 0 Å². The summed E-state index contributed by atoms with van der Waals surface area (Å²) >= 11 is 0. The number of nitrogens with two attached hydrogens (primary N) is 1. The van der Waals surface area contributed by atoms with Crippen LogP contribution in [0.15, 0.2) is 0 Å². The van der Waals surface area contributed by atoms with Gasteiger partial charge in [-0.1, -0.05) is 6.92 Å². The van der Waals surface area contributed by atoms with E-state index in [9.17, 15) is 14.4 Å². The van der Waals surface area contributed by atoms with E-state index >= 15 is 0 Å². The Hall–Kier alpha value is -1.63. The molecule has 0 aromatic carbocycles. The molecule has 1 heterocycles. The van der Waals surface area contributed by atoms with Crippen molar-refractivity contribution in [1.82, 2.24) is 5.32 Å². The fourth-order valence-corrected chi connectivity index (χ4v) is 2.01. The SMILES string of the molecule is CCOC(=O)[C@@H](C)C[C@@H](NC(=O)[C@H]1CCOC1)C(N)=O. The fraction of sp³-hybridized carbons (Fsp3) is 0.769. The number of ether oxygens (including phenoxy) is 2. The molecule has 7 nitrogen and oxygen atoms in total. The van der Waals surface area contributed by atoms with Gasteiger partial charge in [-0.25, -0.2) is 0 Å². The number of nitrogens with one attached hydrogen (secondary N) is 1. The topological polar surface area (TPSA) is 108 Å². The highest BCUT2D eigenvalue weighted by Gasteiger charge is 2.29. The van der Waals surface area contributed by atoms with Gasteiger partial charge in [0, 0.05) is 6.61 Å². The lowest BCUT2D eigenvalue weighted by atomic mass is 10.00. The Morgan fingerprint density at radius 1 is 1.45 bits per heavy atom. The minimum absolute atomic E-state index is 0.132. The van der Waals surface area contributed by atoms with Crippen molar-refractivity contribution in [2.45, 2.75) is 32.7 Å². The second-order valence-electron chi connectivity index (χ2n) is 4.91. The maximum absolute atomic E-state index is 11.9.